The first-order valence-corrected chi connectivity index (χ1v) is 12.6. The van der Waals surface area contributed by atoms with E-state index in [1.165, 1.54) is 23.9 Å². The second-order valence-corrected chi connectivity index (χ2v) is 10.7. The average Bonchev–Trinajstić information content (AvgIpc) is 3.15. The minimum Gasteiger partial charge on any atom is -0.444 e. The fourth-order valence-corrected chi connectivity index (χ4v) is 4.60. The second-order valence-electron chi connectivity index (χ2n) is 10.7. The molecule has 0 bridgehead atoms. The van der Waals surface area contributed by atoms with Gasteiger partial charge in [-0.15, -0.1) is 0 Å². The zero-order valence-electron chi connectivity index (χ0n) is 22.2. The molecule has 0 unspecified atom stereocenters. The van der Waals surface area contributed by atoms with E-state index >= 15 is 0 Å². The van der Waals surface area contributed by atoms with Crippen molar-refractivity contribution >= 4 is 28.8 Å². The number of benzene rings is 2. The van der Waals surface area contributed by atoms with E-state index in [4.69, 9.17) is 4.74 Å². The number of halogens is 1. The van der Waals surface area contributed by atoms with E-state index in [0.29, 0.717) is 35.8 Å². The lowest BCUT2D eigenvalue weighted by molar-refractivity contribution is 0.0224. The van der Waals surface area contributed by atoms with Gasteiger partial charge in [0.1, 0.15) is 16.8 Å². The van der Waals surface area contributed by atoms with Crippen molar-refractivity contribution in [2.75, 3.05) is 11.9 Å². The second kappa shape index (κ2) is 9.59. The van der Waals surface area contributed by atoms with Crippen LogP contribution in [0, 0.1) is 5.82 Å². The topological polar surface area (TPSA) is 94.3 Å². The van der Waals surface area contributed by atoms with Gasteiger partial charge in [0, 0.05) is 31.0 Å². The number of anilines is 2. The fraction of sp³-hybridized carbons (Fsp3) is 0.357. The zero-order valence-corrected chi connectivity index (χ0v) is 22.2. The van der Waals surface area contributed by atoms with E-state index in [-0.39, 0.29) is 23.5 Å². The Kier molecular flexibility index (Phi) is 6.42. The van der Waals surface area contributed by atoms with Gasteiger partial charge in [-0.2, -0.15) is 4.98 Å². The average molecular weight is 519 g/mol. The number of amides is 1. The van der Waals surface area contributed by atoms with Crippen LogP contribution in [0.25, 0.3) is 16.7 Å². The molecule has 0 atom stereocenters. The van der Waals surface area contributed by atoms with Crippen molar-refractivity contribution in [3.8, 4) is 5.69 Å². The number of aromatic nitrogens is 4. The Bertz CT molecular complexity index is 1570. The number of ether oxygens (including phenoxy) is 1. The number of hydrogen-bond acceptors (Lipinski definition) is 6. The summed E-state index contributed by atoms with van der Waals surface area (Å²) in [4.78, 5) is 36.5. The molecule has 5 rings (SSSR count). The lowest BCUT2D eigenvalue weighted by atomic mass is 9.99. The molecular weight excluding hydrogens is 487 g/mol. The standard InChI is InChI=1S/C28H31FN6O3/c1-17(2)34-25(36)23-15-30-26(32-24(23)35(34)22-10-7-20(29)8-11-22)31-21-9-6-18-12-13-33(16-19(18)14-21)27(37)38-28(3,4)5/h6-11,14-15,17H,12-13,16H2,1-5H3,(H,30,31,32). The van der Waals surface area contributed by atoms with Crippen molar-refractivity contribution in [1.82, 2.24) is 24.2 Å². The molecule has 1 N–H and O–H groups in total. The number of nitrogens with one attached hydrogen (secondary N) is 1. The minimum absolute atomic E-state index is 0.160. The lowest BCUT2D eigenvalue weighted by Gasteiger charge is -2.31. The maximum Gasteiger partial charge on any atom is 0.410 e. The Morgan fingerprint density at radius 3 is 2.53 bits per heavy atom. The normalized spacial score (nSPS) is 13.6. The first-order valence-electron chi connectivity index (χ1n) is 12.6. The SMILES string of the molecule is CC(C)n1c(=O)c2cnc(Nc3ccc4c(c3)CN(C(=O)OC(C)(C)C)CC4)nc2n1-c1ccc(F)cc1. The maximum absolute atomic E-state index is 13.6. The van der Waals surface area contributed by atoms with E-state index in [1.54, 1.807) is 26.4 Å². The molecule has 1 amide bonds. The number of carbonyl (C=O) groups excluding carboxylic acids is 1. The molecule has 0 radical (unpaired) electrons. The summed E-state index contributed by atoms with van der Waals surface area (Å²) >= 11 is 0. The van der Waals surface area contributed by atoms with Crippen LogP contribution in [0.15, 0.2) is 53.5 Å². The number of rotatable bonds is 4. The van der Waals surface area contributed by atoms with Gasteiger partial charge in [-0.1, -0.05) is 6.07 Å². The molecule has 2 aromatic heterocycles. The molecule has 0 saturated heterocycles. The van der Waals surface area contributed by atoms with Gasteiger partial charge in [-0.25, -0.2) is 23.5 Å². The Morgan fingerprint density at radius 1 is 1.11 bits per heavy atom. The van der Waals surface area contributed by atoms with E-state index < -0.39 is 5.60 Å². The summed E-state index contributed by atoms with van der Waals surface area (Å²) in [5, 5.41) is 3.60. The van der Waals surface area contributed by atoms with Crippen LogP contribution in [-0.4, -0.2) is 42.5 Å². The number of hydrogen-bond donors (Lipinski definition) is 1. The molecule has 0 aliphatic carbocycles. The number of nitrogens with zero attached hydrogens (tertiary/aromatic N) is 5. The monoisotopic (exact) mass is 518 g/mol. The van der Waals surface area contributed by atoms with Crippen LogP contribution in [0.1, 0.15) is 51.8 Å². The predicted molar refractivity (Wildman–Crippen MR) is 144 cm³/mol. The molecule has 0 spiro atoms. The van der Waals surface area contributed by atoms with Gasteiger partial charge in [-0.3, -0.25) is 4.79 Å². The van der Waals surface area contributed by atoms with Gasteiger partial charge in [0.2, 0.25) is 5.95 Å². The van der Waals surface area contributed by atoms with Crippen molar-refractivity contribution in [1.29, 1.82) is 0 Å². The molecule has 10 heteroatoms. The lowest BCUT2D eigenvalue weighted by Crippen LogP contribution is -2.39. The van der Waals surface area contributed by atoms with Crippen molar-refractivity contribution in [2.24, 2.45) is 0 Å². The van der Waals surface area contributed by atoms with E-state index in [2.05, 4.69) is 15.3 Å². The van der Waals surface area contributed by atoms with Gasteiger partial charge >= 0.3 is 6.09 Å². The summed E-state index contributed by atoms with van der Waals surface area (Å²) in [6, 6.07) is 11.7. The largest absolute Gasteiger partial charge is 0.444 e. The Morgan fingerprint density at radius 2 is 1.84 bits per heavy atom. The van der Waals surface area contributed by atoms with Crippen molar-refractivity contribution < 1.29 is 13.9 Å². The molecule has 0 fully saturated rings. The van der Waals surface area contributed by atoms with Gasteiger partial charge in [0.25, 0.3) is 5.56 Å². The fourth-order valence-electron chi connectivity index (χ4n) is 4.60. The van der Waals surface area contributed by atoms with Gasteiger partial charge < -0.3 is 15.0 Å². The third-order valence-corrected chi connectivity index (χ3v) is 6.31. The van der Waals surface area contributed by atoms with Crippen LogP contribution < -0.4 is 10.9 Å². The highest BCUT2D eigenvalue weighted by Crippen LogP contribution is 2.26. The van der Waals surface area contributed by atoms with Crippen LogP contribution in [0.3, 0.4) is 0 Å². The summed E-state index contributed by atoms with van der Waals surface area (Å²) in [7, 11) is 0. The first kappa shape index (κ1) is 25.4. The summed E-state index contributed by atoms with van der Waals surface area (Å²) in [6.45, 7) is 10.4. The molecule has 1 aliphatic rings. The van der Waals surface area contributed by atoms with E-state index in [1.807, 2.05) is 52.8 Å². The highest BCUT2D eigenvalue weighted by Gasteiger charge is 2.26. The summed E-state index contributed by atoms with van der Waals surface area (Å²) in [5.41, 5.74) is 3.21. The highest BCUT2D eigenvalue weighted by molar-refractivity contribution is 5.77. The molecule has 4 aromatic rings. The Balaban J connectivity index is 1.47. The first-order chi connectivity index (χ1) is 18.0. The molecule has 3 heterocycles. The quantitative estimate of drug-likeness (QED) is 0.392. The Labute approximate surface area is 219 Å². The summed E-state index contributed by atoms with van der Waals surface area (Å²) in [6.07, 6.45) is 1.92. The third kappa shape index (κ3) is 4.98. The maximum atomic E-state index is 13.6. The molecular formula is C28H31FN6O3. The van der Waals surface area contributed by atoms with Crippen LogP contribution in [0.5, 0.6) is 0 Å². The zero-order chi connectivity index (χ0) is 27.2. The van der Waals surface area contributed by atoms with Gasteiger partial charge in [0.15, 0.2) is 5.65 Å². The number of fused-ring (bicyclic) bond motifs is 2. The molecule has 38 heavy (non-hydrogen) atoms. The van der Waals surface area contributed by atoms with Crippen LogP contribution in [-0.2, 0) is 17.7 Å². The van der Waals surface area contributed by atoms with Crippen molar-refractivity contribution in [2.45, 2.75) is 59.2 Å². The molecule has 198 valence electrons. The van der Waals surface area contributed by atoms with Crippen LogP contribution in [0.2, 0.25) is 0 Å². The third-order valence-electron chi connectivity index (χ3n) is 6.31. The molecule has 9 nitrogen and oxygen atoms in total. The van der Waals surface area contributed by atoms with E-state index in [0.717, 1.165) is 17.7 Å². The minimum atomic E-state index is -0.556. The molecule has 2 aromatic carbocycles. The number of carbonyl (C=O) groups is 1. The van der Waals surface area contributed by atoms with E-state index in [9.17, 15) is 14.0 Å². The summed E-state index contributed by atoms with van der Waals surface area (Å²) < 4.78 is 22.4. The summed E-state index contributed by atoms with van der Waals surface area (Å²) in [5.74, 6) is -0.0488. The van der Waals surface area contributed by atoms with Crippen molar-refractivity contribution in [3.05, 3.63) is 76.0 Å². The van der Waals surface area contributed by atoms with Gasteiger partial charge in [0.05, 0.1) is 5.69 Å². The smallest absolute Gasteiger partial charge is 0.410 e. The highest BCUT2D eigenvalue weighted by atomic mass is 19.1. The van der Waals surface area contributed by atoms with Gasteiger partial charge in [-0.05, 0) is 88.6 Å². The van der Waals surface area contributed by atoms with Crippen LogP contribution in [0.4, 0.5) is 20.8 Å². The van der Waals surface area contributed by atoms with Crippen molar-refractivity contribution in [3.63, 3.8) is 0 Å². The molecule has 1 aliphatic heterocycles. The molecule has 0 saturated carbocycles. The Hall–Kier alpha value is -4.21. The van der Waals surface area contributed by atoms with Crippen LogP contribution >= 0.6 is 0 Å². The predicted octanol–water partition coefficient (Wildman–Crippen LogP) is 5.34.